The van der Waals surface area contributed by atoms with Crippen LogP contribution in [-0.4, -0.2) is 6.29 Å². The average molecular weight is 197 g/mol. The lowest BCUT2D eigenvalue weighted by atomic mass is 9.84. The van der Waals surface area contributed by atoms with Crippen LogP contribution in [0.2, 0.25) is 5.02 Å². The summed E-state index contributed by atoms with van der Waals surface area (Å²) in [6, 6.07) is 5.60. The number of aldehydes is 1. The van der Waals surface area contributed by atoms with Gasteiger partial charge >= 0.3 is 0 Å². The second-order valence-electron chi connectivity index (χ2n) is 3.80. The van der Waals surface area contributed by atoms with Crippen molar-refractivity contribution in [3.05, 3.63) is 34.3 Å². The predicted octanol–water partition coefficient (Wildman–Crippen LogP) is 3.12. The first-order valence-corrected chi connectivity index (χ1v) is 4.58. The van der Waals surface area contributed by atoms with Crippen molar-refractivity contribution in [2.75, 3.05) is 0 Å². The summed E-state index contributed by atoms with van der Waals surface area (Å²) < 4.78 is 0. The smallest absolute Gasteiger partial charge is 0.129 e. The Hall–Kier alpha value is -0.820. The van der Waals surface area contributed by atoms with Gasteiger partial charge in [0.1, 0.15) is 6.29 Å². The second kappa shape index (κ2) is 3.51. The quantitative estimate of drug-likeness (QED) is 0.665. The van der Waals surface area contributed by atoms with Crippen LogP contribution < -0.4 is 0 Å². The Bertz CT molecular complexity index is 329. The van der Waals surface area contributed by atoms with E-state index in [1.54, 1.807) is 0 Å². The molecule has 0 radical (unpaired) electrons. The molecule has 13 heavy (non-hydrogen) atoms. The van der Waals surface area contributed by atoms with Crippen molar-refractivity contribution < 1.29 is 4.79 Å². The second-order valence-corrected chi connectivity index (χ2v) is 4.24. The summed E-state index contributed by atoms with van der Waals surface area (Å²) in [7, 11) is 0. The molecule has 0 aliphatic carbocycles. The highest BCUT2D eigenvalue weighted by Crippen LogP contribution is 2.26. The zero-order valence-corrected chi connectivity index (χ0v) is 8.85. The van der Waals surface area contributed by atoms with E-state index in [1.807, 2.05) is 39.0 Å². The largest absolute Gasteiger partial charge is 0.302 e. The molecule has 0 bridgehead atoms. The van der Waals surface area contributed by atoms with Gasteiger partial charge in [-0.2, -0.15) is 0 Å². The third-order valence-corrected chi connectivity index (χ3v) is 2.41. The number of aryl methyl sites for hydroxylation is 1. The normalized spacial score (nSPS) is 11.4. The topological polar surface area (TPSA) is 17.1 Å². The Balaban J connectivity index is 3.23. The minimum Gasteiger partial charge on any atom is -0.302 e. The Labute approximate surface area is 83.7 Å². The van der Waals surface area contributed by atoms with Crippen LogP contribution >= 0.6 is 11.6 Å². The molecule has 0 amide bonds. The number of rotatable bonds is 2. The molecule has 0 aliphatic heterocycles. The van der Waals surface area contributed by atoms with Crippen molar-refractivity contribution >= 4 is 17.9 Å². The van der Waals surface area contributed by atoms with Crippen LogP contribution in [0.4, 0.5) is 0 Å². The fourth-order valence-corrected chi connectivity index (χ4v) is 1.64. The molecule has 0 N–H and O–H groups in total. The molecule has 2 heteroatoms. The van der Waals surface area contributed by atoms with E-state index >= 15 is 0 Å². The SMILES string of the molecule is Cc1cc(Cl)ccc1C(C)(C)C=O. The van der Waals surface area contributed by atoms with Gasteiger partial charge in [-0.3, -0.25) is 0 Å². The van der Waals surface area contributed by atoms with E-state index in [-0.39, 0.29) is 0 Å². The molecule has 1 aromatic rings. The maximum atomic E-state index is 10.8. The van der Waals surface area contributed by atoms with Crippen LogP contribution in [0.15, 0.2) is 18.2 Å². The number of carbonyl (C=O) groups is 1. The monoisotopic (exact) mass is 196 g/mol. The molecule has 0 fully saturated rings. The van der Waals surface area contributed by atoms with Crippen LogP contribution in [0.1, 0.15) is 25.0 Å². The van der Waals surface area contributed by atoms with Crippen molar-refractivity contribution in [3.63, 3.8) is 0 Å². The highest BCUT2D eigenvalue weighted by Gasteiger charge is 2.21. The Morgan fingerprint density at radius 1 is 1.38 bits per heavy atom. The minimum atomic E-state index is -0.422. The standard InChI is InChI=1S/C11H13ClO/c1-8-6-9(12)4-5-10(8)11(2,3)7-13/h4-7H,1-3H3. The number of carbonyl (C=O) groups excluding carboxylic acids is 1. The van der Waals surface area contributed by atoms with Gasteiger partial charge in [0.25, 0.3) is 0 Å². The maximum Gasteiger partial charge on any atom is 0.129 e. The molecule has 0 spiro atoms. The van der Waals surface area contributed by atoms with E-state index in [4.69, 9.17) is 11.6 Å². The first kappa shape index (κ1) is 10.3. The van der Waals surface area contributed by atoms with Gasteiger partial charge < -0.3 is 4.79 Å². The van der Waals surface area contributed by atoms with Gasteiger partial charge in [0.05, 0.1) is 0 Å². The summed E-state index contributed by atoms with van der Waals surface area (Å²) >= 11 is 5.82. The van der Waals surface area contributed by atoms with E-state index < -0.39 is 5.41 Å². The Morgan fingerprint density at radius 3 is 2.46 bits per heavy atom. The fourth-order valence-electron chi connectivity index (χ4n) is 1.41. The van der Waals surface area contributed by atoms with Gasteiger partial charge in [-0.1, -0.05) is 17.7 Å². The first-order chi connectivity index (χ1) is 5.97. The zero-order chi connectivity index (χ0) is 10.1. The number of benzene rings is 1. The lowest BCUT2D eigenvalue weighted by Gasteiger charge is -2.19. The van der Waals surface area contributed by atoms with Gasteiger partial charge in [-0.15, -0.1) is 0 Å². The number of hydrogen-bond donors (Lipinski definition) is 0. The Morgan fingerprint density at radius 2 is 2.00 bits per heavy atom. The van der Waals surface area contributed by atoms with Crippen LogP contribution in [0, 0.1) is 6.92 Å². The van der Waals surface area contributed by atoms with Crippen LogP contribution in [0.3, 0.4) is 0 Å². The molecular formula is C11H13ClO. The molecule has 0 atom stereocenters. The van der Waals surface area contributed by atoms with E-state index in [2.05, 4.69) is 0 Å². The predicted molar refractivity (Wildman–Crippen MR) is 55.3 cm³/mol. The molecule has 0 unspecified atom stereocenters. The van der Waals surface area contributed by atoms with Crippen molar-refractivity contribution in [2.45, 2.75) is 26.2 Å². The minimum absolute atomic E-state index is 0.422. The van der Waals surface area contributed by atoms with Crippen molar-refractivity contribution in [1.29, 1.82) is 0 Å². The Kier molecular flexibility index (Phi) is 2.77. The number of halogens is 1. The average Bonchev–Trinajstić information content (AvgIpc) is 2.03. The lowest BCUT2D eigenvalue weighted by molar-refractivity contribution is -0.111. The zero-order valence-electron chi connectivity index (χ0n) is 8.10. The van der Waals surface area contributed by atoms with Gasteiger partial charge in [-0.25, -0.2) is 0 Å². The van der Waals surface area contributed by atoms with Crippen molar-refractivity contribution in [2.24, 2.45) is 0 Å². The van der Waals surface area contributed by atoms with Gasteiger partial charge in [-0.05, 0) is 44.0 Å². The summed E-state index contributed by atoms with van der Waals surface area (Å²) in [4.78, 5) is 10.8. The van der Waals surface area contributed by atoms with Crippen LogP contribution in [-0.2, 0) is 10.2 Å². The molecule has 0 heterocycles. The molecule has 1 aromatic carbocycles. The van der Waals surface area contributed by atoms with E-state index in [0.29, 0.717) is 5.02 Å². The molecule has 1 nitrogen and oxygen atoms in total. The molecule has 0 aliphatic rings. The van der Waals surface area contributed by atoms with Gasteiger partial charge in [0, 0.05) is 10.4 Å². The van der Waals surface area contributed by atoms with Crippen LogP contribution in [0.5, 0.6) is 0 Å². The van der Waals surface area contributed by atoms with E-state index in [9.17, 15) is 4.79 Å². The fraction of sp³-hybridized carbons (Fsp3) is 0.364. The summed E-state index contributed by atoms with van der Waals surface area (Å²) in [5.41, 5.74) is 1.67. The molecule has 0 saturated heterocycles. The summed E-state index contributed by atoms with van der Waals surface area (Å²) in [6.07, 6.45) is 0.962. The van der Waals surface area contributed by atoms with Crippen LogP contribution in [0.25, 0.3) is 0 Å². The van der Waals surface area contributed by atoms with Gasteiger partial charge in [0.2, 0.25) is 0 Å². The molecular weight excluding hydrogens is 184 g/mol. The molecule has 70 valence electrons. The lowest BCUT2D eigenvalue weighted by Crippen LogP contribution is -2.19. The highest BCUT2D eigenvalue weighted by atomic mass is 35.5. The van der Waals surface area contributed by atoms with E-state index in [0.717, 1.165) is 17.4 Å². The van der Waals surface area contributed by atoms with Crippen molar-refractivity contribution in [1.82, 2.24) is 0 Å². The number of hydrogen-bond acceptors (Lipinski definition) is 1. The maximum absolute atomic E-state index is 10.8. The third-order valence-electron chi connectivity index (χ3n) is 2.18. The van der Waals surface area contributed by atoms with Gasteiger partial charge in [0.15, 0.2) is 0 Å². The van der Waals surface area contributed by atoms with E-state index in [1.165, 1.54) is 0 Å². The third kappa shape index (κ3) is 2.10. The molecule has 1 rings (SSSR count). The summed E-state index contributed by atoms with van der Waals surface area (Å²) in [5.74, 6) is 0. The molecule has 0 saturated carbocycles. The summed E-state index contributed by atoms with van der Waals surface area (Å²) in [6.45, 7) is 5.76. The highest BCUT2D eigenvalue weighted by molar-refractivity contribution is 6.30. The van der Waals surface area contributed by atoms with Crippen molar-refractivity contribution in [3.8, 4) is 0 Å². The first-order valence-electron chi connectivity index (χ1n) is 4.20. The molecule has 0 aromatic heterocycles. The summed E-state index contributed by atoms with van der Waals surface area (Å²) in [5, 5.41) is 0.711.